The zero-order chi connectivity index (χ0) is 20.3. The predicted molar refractivity (Wildman–Crippen MR) is 113 cm³/mol. The van der Waals surface area contributed by atoms with Crippen LogP contribution < -0.4 is 0 Å². The second-order valence-electron chi connectivity index (χ2n) is 9.63. The van der Waals surface area contributed by atoms with Crippen LogP contribution in [0.4, 0.5) is 0 Å². The van der Waals surface area contributed by atoms with Crippen molar-refractivity contribution in [3.63, 3.8) is 0 Å². The van der Waals surface area contributed by atoms with E-state index in [0.717, 1.165) is 19.3 Å². The van der Waals surface area contributed by atoms with E-state index in [-0.39, 0.29) is 17.7 Å². The molecule has 0 amide bonds. The lowest BCUT2D eigenvalue weighted by Crippen LogP contribution is -2.51. The number of carbonyl (C=O) groups is 1. The molecule has 0 saturated carbocycles. The molecule has 2 fully saturated rings. The molecule has 3 atom stereocenters. The average Bonchev–Trinajstić information content (AvgIpc) is 2.94. The summed E-state index contributed by atoms with van der Waals surface area (Å²) in [7, 11) is 0. The first-order chi connectivity index (χ1) is 13.5. The molecule has 4 nitrogen and oxygen atoms in total. The van der Waals surface area contributed by atoms with E-state index in [0.29, 0.717) is 6.42 Å². The normalized spacial score (nSPS) is 29.7. The van der Waals surface area contributed by atoms with E-state index in [4.69, 9.17) is 14.5 Å². The molecule has 2 aliphatic rings. The van der Waals surface area contributed by atoms with E-state index in [1.54, 1.807) is 0 Å². The Balaban J connectivity index is 1.42. The minimum Gasteiger partial charge on any atom is -0.456 e. The van der Waals surface area contributed by atoms with Gasteiger partial charge in [0.15, 0.2) is 0 Å². The Kier molecular flexibility index (Phi) is 10.3. The summed E-state index contributed by atoms with van der Waals surface area (Å²) in [6.45, 7) is 6.35. The molecule has 2 heterocycles. The van der Waals surface area contributed by atoms with Gasteiger partial charge in [0.05, 0.1) is 6.42 Å². The Morgan fingerprint density at radius 1 is 0.821 bits per heavy atom. The van der Waals surface area contributed by atoms with Gasteiger partial charge < -0.3 is 4.74 Å². The van der Waals surface area contributed by atoms with Crippen LogP contribution in [-0.4, -0.2) is 23.3 Å². The molecule has 0 radical (unpaired) electrons. The van der Waals surface area contributed by atoms with Gasteiger partial charge >= 0.3 is 5.97 Å². The van der Waals surface area contributed by atoms with E-state index in [9.17, 15) is 4.79 Å². The summed E-state index contributed by atoms with van der Waals surface area (Å²) in [6.07, 6.45) is 20.9. The first kappa shape index (κ1) is 23.7. The summed E-state index contributed by atoms with van der Waals surface area (Å²) >= 11 is 0. The van der Waals surface area contributed by atoms with Gasteiger partial charge in [-0.05, 0) is 20.3 Å². The highest BCUT2D eigenvalue weighted by atomic mass is 17.2. The molecule has 164 valence electrons. The SMILES string of the molecule is CCCCCCCCCCCCCCCC[C@@]1(C)C[C@]2(C)OC(=O)C[C@@H]2OO1. The lowest BCUT2D eigenvalue weighted by atomic mass is 9.82. The lowest BCUT2D eigenvalue weighted by molar-refractivity contribution is -0.428. The minimum atomic E-state index is -0.514. The van der Waals surface area contributed by atoms with Gasteiger partial charge in [-0.1, -0.05) is 96.8 Å². The Hall–Kier alpha value is -0.610. The molecular weight excluding hydrogens is 352 g/mol. The number of esters is 1. The summed E-state index contributed by atoms with van der Waals surface area (Å²) in [4.78, 5) is 22.8. The van der Waals surface area contributed by atoms with Gasteiger partial charge in [0.2, 0.25) is 0 Å². The monoisotopic (exact) mass is 396 g/mol. The van der Waals surface area contributed by atoms with Gasteiger partial charge in [0.25, 0.3) is 0 Å². The molecule has 28 heavy (non-hydrogen) atoms. The number of hydrogen-bond acceptors (Lipinski definition) is 4. The van der Waals surface area contributed by atoms with Crippen molar-refractivity contribution < 1.29 is 19.3 Å². The van der Waals surface area contributed by atoms with Crippen LogP contribution in [0.3, 0.4) is 0 Å². The van der Waals surface area contributed by atoms with Crippen molar-refractivity contribution >= 4 is 5.97 Å². The van der Waals surface area contributed by atoms with Gasteiger partial charge in [0, 0.05) is 6.42 Å². The molecule has 2 rings (SSSR count). The zero-order valence-corrected chi connectivity index (χ0v) is 18.7. The fourth-order valence-electron chi connectivity index (χ4n) is 4.79. The molecule has 0 unspecified atom stereocenters. The third-order valence-electron chi connectivity index (χ3n) is 6.53. The van der Waals surface area contributed by atoms with Crippen LogP contribution in [0.2, 0.25) is 0 Å². The smallest absolute Gasteiger partial charge is 0.309 e. The second-order valence-corrected chi connectivity index (χ2v) is 9.63. The van der Waals surface area contributed by atoms with Crippen LogP contribution in [0.1, 0.15) is 130 Å². The maximum atomic E-state index is 11.6. The van der Waals surface area contributed by atoms with Gasteiger partial charge in [-0.2, -0.15) is 0 Å². The maximum absolute atomic E-state index is 11.6. The minimum absolute atomic E-state index is 0.170. The van der Waals surface area contributed by atoms with Crippen LogP contribution >= 0.6 is 0 Å². The van der Waals surface area contributed by atoms with E-state index in [1.807, 2.05) is 6.92 Å². The highest BCUT2D eigenvalue weighted by Crippen LogP contribution is 2.44. The third kappa shape index (κ3) is 8.02. The van der Waals surface area contributed by atoms with Crippen LogP contribution in [0.15, 0.2) is 0 Å². The second kappa shape index (κ2) is 12.2. The summed E-state index contributed by atoms with van der Waals surface area (Å²) in [6, 6.07) is 0. The van der Waals surface area contributed by atoms with E-state index < -0.39 is 5.60 Å². The molecule has 0 bridgehead atoms. The molecule has 0 aliphatic carbocycles. The van der Waals surface area contributed by atoms with E-state index in [2.05, 4.69) is 13.8 Å². The van der Waals surface area contributed by atoms with Crippen molar-refractivity contribution in [2.45, 2.75) is 147 Å². The van der Waals surface area contributed by atoms with E-state index >= 15 is 0 Å². The van der Waals surface area contributed by atoms with Crippen LogP contribution in [0, 0.1) is 0 Å². The van der Waals surface area contributed by atoms with Gasteiger partial charge in [-0.15, -0.1) is 0 Å². The first-order valence-corrected chi connectivity index (χ1v) is 12.0. The number of hydrogen-bond donors (Lipinski definition) is 0. The van der Waals surface area contributed by atoms with Crippen LogP contribution in [0.25, 0.3) is 0 Å². The maximum Gasteiger partial charge on any atom is 0.309 e. The highest BCUT2D eigenvalue weighted by Gasteiger charge is 2.55. The topological polar surface area (TPSA) is 44.8 Å². The van der Waals surface area contributed by atoms with Gasteiger partial charge in [-0.3, -0.25) is 4.79 Å². The Morgan fingerprint density at radius 2 is 1.32 bits per heavy atom. The predicted octanol–water partition coefficient (Wildman–Crippen LogP) is 7.04. The molecular formula is C24H44O4. The van der Waals surface area contributed by atoms with Crippen LogP contribution in [0.5, 0.6) is 0 Å². The number of unbranched alkanes of at least 4 members (excludes halogenated alkanes) is 13. The number of rotatable bonds is 15. The van der Waals surface area contributed by atoms with E-state index in [1.165, 1.54) is 83.5 Å². The standard InChI is InChI=1S/C24H44O4/c1-4-5-6-7-8-9-10-11-12-13-14-15-16-17-18-23(2)20-24(3)21(27-28-23)19-22(25)26-24/h21H,4-20H2,1-3H3/t21-,23-,24-/m0/s1. The molecule has 0 aromatic heterocycles. The highest BCUT2D eigenvalue weighted by molar-refractivity contribution is 5.73. The fourth-order valence-corrected chi connectivity index (χ4v) is 4.79. The largest absolute Gasteiger partial charge is 0.456 e. The lowest BCUT2D eigenvalue weighted by Gasteiger charge is -2.43. The Bertz CT molecular complexity index is 452. The molecule has 2 aliphatic heterocycles. The Morgan fingerprint density at radius 3 is 1.86 bits per heavy atom. The van der Waals surface area contributed by atoms with Crippen molar-refractivity contribution in [2.75, 3.05) is 0 Å². The summed E-state index contributed by atoms with van der Waals surface area (Å²) in [5.41, 5.74) is -0.854. The van der Waals surface area contributed by atoms with Gasteiger partial charge in [-0.25, -0.2) is 9.78 Å². The molecule has 0 aromatic carbocycles. The molecule has 0 N–H and O–H groups in total. The number of ether oxygens (including phenoxy) is 1. The van der Waals surface area contributed by atoms with Crippen molar-refractivity contribution in [3.05, 3.63) is 0 Å². The zero-order valence-electron chi connectivity index (χ0n) is 18.7. The number of carbonyl (C=O) groups excluding carboxylic acids is 1. The van der Waals surface area contributed by atoms with Crippen LogP contribution in [-0.2, 0) is 19.3 Å². The fraction of sp³-hybridized carbons (Fsp3) is 0.958. The molecule has 0 aromatic rings. The molecule has 4 heteroatoms. The number of fused-ring (bicyclic) bond motifs is 1. The van der Waals surface area contributed by atoms with Gasteiger partial charge in [0.1, 0.15) is 17.3 Å². The first-order valence-electron chi connectivity index (χ1n) is 12.0. The Labute approximate surface area is 173 Å². The summed E-state index contributed by atoms with van der Waals surface area (Å²) < 4.78 is 5.53. The van der Waals surface area contributed by atoms with Crippen molar-refractivity contribution in [1.29, 1.82) is 0 Å². The average molecular weight is 397 g/mol. The molecule has 0 spiro atoms. The summed E-state index contributed by atoms with van der Waals surface area (Å²) in [5.74, 6) is -0.170. The van der Waals surface area contributed by atoms with Crippen molar-refractivity contribution in [1.82, 2.24) is 0 Å². The molecule has 2 saturated heterocycles. The summed E-state index contributed by atoms with van der Waals surface area (Å²) in [5, 5.41) is 0. The third-order valence-corrected chi connectivity index (χ3v) is 6.53. The quantitative estimate of drug-likeness (QED) is 0.169. The van der Waals surface area contributed by atoms with Crippen molar-refractivity contribution in [3.8, 4) is 0 Å². The van der Waals surface area contributed by atoms with Crippen molar-refractivity contribution in [2.24, 2.45) is 0 Å².